The normalized spacial score (nSPS) is 22.9. The molecular weight excluding hydrogens is 434 g/mol. The number of para-hydroxylation sites is 1. The predicted molar refractivity (Wildman–Crippen MR) is 127 cm³/mol. The average molecular weight is 464 g/mol. The third-order valence-corrected chi connectivity index (χ3v) is 6.14. The van der Waals surface area contributed by atoms with Crippen molar-refractivity contribution in [3.8, 4) is 11.6 Å². The lowest BCUT2D eigenvalue weighted by Crippen LogP contribution is -2.47. The van der Waals surface area contributed by atoms with Crippen LogP contribution in [0.1, 0.15) is 25.7 Å². The number of nitrogens with zero attached hydrogens (tertiary/aromatic N) is 2. The van der Waals surface area contributed by atoms with Gasteiger partial charge in [0.25, 0.3) is 0 Å². The van der Waals surface area contributed by atoms with Gasteiger partial charge in [0.1, 0.15) is 36.7 Å². The summed E-state index contributed by atoms with van der Waals surface area (Å²) in [5.74, 6) is 1.91. The number of aromatic nitrogens is 2. The maximum absolute atomic E-state index is 6.16. The van der Waals surface area contributed by atoms with E-state index in [4.69, 9.17) is 23.7 Å². The fraction of sp³-hybridized carbons (Fsp3) is 0.385. The highest BCUT2D eigenvalue weighted by Crippen LogP contribution is 2.27. The number of fused-ring (bicyclic) bond motifs is 1. The molecule has 178 valence electrons. The molecule has 1 saturated heterocycles. The first kappa shape index (κ1) is 22.4. The van der Waals surface area contributed by atoms with Gasteiger partial charge in [0.15, 0.2) is 5.76 Å². The van der Waals surface area contributed by atoms with Gasteiger partial charge in [-0.1, -0.05) is 24.3 Å². The molecule has 0 radical (unpaired) electrons. The number of nitrogens with one attached hydrogen (secondary N) is 1. The van der Waals surface area contributed by atoms with E-state index in [0.717, 1.165) is 37.0 Å². The molecule has 3 aliphatic rings. The summed E-state index contributed by atoms with van der Waals surface area (Å²) in [6.45, 7) is 1.05. The topological polar surface area (TPSA) is 84.0 Å². The maximum atomic E-state index is 6.16. The van der Waals surface area contributed by atoms with Gasteiger partial charge >= 0.3 is 0 Å². The first-order chi connectivity index (χ1) is 16.8. The number of ether oxygens (including phenoxy) is 5. The van der Waals surface area contributed by atoms with Crippen LogP contribution in [-0.2, 0) is 14.2 Å². The van der Waals surface area contributed by atoms with Gasteiger partial charge in [-0.25, -0.2) is 9.97 Å². The van der Waals surface area contributed by atoms with Crippen molar-refractivity contribution in [1.82, 2.24) is 15.3 Å². The van der Waals surface area contributed by atoms with E-state index in [-0.39, 0.29) is 18.2 Å². The van der Waals surface area contributed by atoms with E-state index >= 15 is 0 Å². The lowest BCUT2D eigenvalue weighted by atomic mass is 9.94. The van der Waals surface area contributed by atoms with Gasteiger partial charge in [0.05, 0.1) is 37.6 Å². The molecule has 2 aromatic rings. The van der Waals surface area contributed by atoms with Gasteiger partial charge < -0.3 is 23.7 Å². The summed E-state index contributed by atoms with van der Waals surface area (Å²) in [4.78, 5) is 8.87. The molecule has 2 aliphatic heterocycles. The molecule has 1 N–H and O–H groups in total. The van der Waals surface area contributed by atoms with Crippen molar-refractivity contribution in [2.45, 2.75) is 43.9 Å². The van der Waals surface area contributed by atoms with Crippen LogP contribution in [0.4, 0.5) is 0 Å². The van der Waals surface area contributed by atoms with Crippen molar-refractivity contribution in [2.75, 3.05) is 20.3 Å². The summed E-state index contributed by atoms with van der Waals surface area (Å²) in [7, 11) is 1.58. The smallest absolute Gasteiger partial charge is 0.232 e. The highest BCUT2D eigenvalue weighted by molar-refractivity contribution is 5.81. The lowest BCUT2D eigenvalue weighted by molar-refractivity contribution is -0.0273. The van der Waals surface area contributed by atoms with Crippen LogP contribution < -0.4 is 14.8 Å². The molecule has 1 aromatic heterocycles. The summed E-state index contributed by atoms with van der Waals surface area (Å²) in [6.07, 6.45) is 16.7. The molecule has 1 unspecified atom stereocenters. The largest absolute Gasteiger partial charge is 0.489 e. The zero-order chi connectivity index (χ0) is 23.2. The van der Waals surface area contributed by atoms with Crippen molar-refractivity contribution in [1.29, 1.82) is 0 Å². The lowest BCUT2D eigenvalue weighted by Gasteiger charge is -2.34. The second kappa shape index (κ2) is 10.7. The van der Waals surface area contributed by atoms with Crippen LogP contribution in [0.25, 0.3) is 11.0 Å². The summed E-state index contributed by atoms with van der Waals surface area (Å²) < 4.78 is 28.6. The number of methoxy groups -OCH3 is 1. The van der Waals surface area contributed by atoms with E-state index in [1.807, 2.05) is 18.2 Å². The standard InChI is InChI=1S/C26H29N3O5/c1-30-24-14-27-21-8-5-9-22(26(21)29-24)34-16-20-11-10-19(15-33-20)28-25(18-6-3-2-4-7-18)23-17-31-12-13-32-23/h2-3,5-6,8-9,12-14,17,19-20,25,28H,4,7,10-11,15-16H2,1H3/t19-,20+,25?/m1/s1. The molecule has 34 heavy (non-hydrogen) atoms. The van der Waals surface area contributed by atoms with Gasteiger partial charge in [0.2, 0.25) is 5.88 Å². The fourth-order valence-electron chi connectivity index (χ4n) is 4.34. The van der Waals surface area contributed by atoms with Gasteiger partial charge in [0, 0.05) is 6.04 Å². The van der Waals surface area contributed by atoms with Crippen LogP contribution in [0, 0.1) is 0 Å². The molecule has 1 aromatic carbocycles. The first-order valence-corrected chi connectivity index (χ1v) is 11.6. The van der Waals surface area contributed by atoms with E-state index in [0.29, 0.717) is 30.4 Å². The van der Waals surface area contributed by atoms with Gasteiger partial charge in [-0.2, -0.15) is 0 Å². The molecule has 0 spiro atoms. The zero-order valence-electron chi connectivity index (χ0n) is 19.2. The van der Waals surface area contributed by atoms with Crippen molar-refractivity contribution >= 4 is 11.0 Å². The molecule has 1 fully saturated rings. The van der Waals surface area contributed by atoms with E-state index in [1.165, 1.54) is 11.8 Å². The van der Waals surface area contributed by atoms with Gasteiger partial charge in [-0.05, 0) is 43.4 Å². The average Bonchev–Trinajstić information content (AvgIpc) is 2.92. The van der Waals surface area contributed by atoms with Gasteiger partial charge in [-0.15, -0.1) is 0 Å². The Morgan fingerprint density at radius 3 is 2.97 bits per heavy atom. The Balaban J connectivity index is 1.18. The molecule has 0 amide bonds. The Kier molecular flexibility index (Phi) is 7.07. The van der Waals surface area contributed by atoms with Crippen LogP contribution in [0.15, 0.2) is 72.7 Å². The molecule has 1 aliphatic carbocycles. The minimum atomic E-state index is -0.0412. The Hall–Kier alpha value is -3.36. The second-order valence-corrected chi connectivity index (χ2v) is 8.43. The van der Waals surface area contributed by atoms with E-state index < -0.39 is 0 Å². The first-order valence-electron chi connectivity index (χ1n) is 11.6. The number of hydrogen-bond acceptors (Lipinski definition) is 8. The quantitative estimate of drug-likeness (QED) is 0.625. The highest BCUT2D eigenvalue weighted by Gasteiger charge is 2.29. The van der Waals surface area contributed by atoms with Crippen LogP contribution in [0.3, 0.4) is 0 Å². The second-order valence-electron chi connectivity index (χ2n) is 8.43. The number of rotatable bonds is 8. The molecule has 8 heteroatoms. The molecule has 5 rings (SSSR count). The SMILES string of the molecule is COc1cnc2cccc(OC[C@@H]3CC[C@@H](NC(C4=CC=CCC4)C4=COC=CO4)CO3)c2n1. The van der Waals surface area contributed by atoms with Crippen molar-refractivity contribution in [3.63, 3.8) is 0 Å². The Morgan fingerprint density at radius 1 is 1.24 bits per heavy atom. The van der Waals surface area contributed by atoms with Crippen molar-refractivity contribution < 1.29 is 23.7 Å². The molecule has 3 atom stereocenters. The van der Waals surface area contributed by atoms with Crippen LogP contribution in [0.5, 0.6) is 11.6 Å². The molecule has 0 bridgehead atoms. The summed E-state index contributed by atoms with van der Waals surface area (Å²) >= 11 is 0. The van der Waals surface area contributed by atoms with E-state index in [9.17, 15) is 0 Å². The Morgan fingerprint density at radius 2 is 2.21 bits per heavy atom. The van der Waals surface area contributed by atoms with E-state index in [2.05, 4.69) is 33.5 Å². The van der Waals surface area contributed by atoms with E-state index in [1.54, 1.807) is 25.8 Å². The third-order valence-electron chi connectivity index (χ3n) is 6.14. The molecule has 8 nitrogen and oxygen atoms in total. The summed E-state index contributed by atoms with van der Waals surface area (Å²) in [6, 6.07) is 5.88. The van der Waals surface area contributed by atoms with Crippen molar-refractivity contribution in [2.24, 2.45) is 0 Å². The van der Waals surface area contributed by atoms with Crippen LogP contribution >= 0.6 is 0 Å². The summed E-state index contributed by atoms with van der Waals surface area (Å²) in [5, 5.41) is 3.72. The highest BCUT2D eigenvalue weighted by atomic mass is 16.5. The zero-order valence-corrected chi connectivity index (χ0v) is 19.2. The summed E-state index contributed by atoms with van der Waals surface area (Å²) in [5.41, 5.74) is 2.74. The maximum Gasteiger partial charge on any atom is 0.232 e. The molecule has 0 saturated carbocycles. The Bertz CT molecular complexity index is 1120. The van der Waals surface area contributed by atoms with Crippen molar-refractivity contribution in [3.05, 3.63) is 72.7 Å². The minimum absolute atomic E-state index is 0.0126. The molecular formula is C26H29N3O5. The number of allylic oxidation sites excluding steroid dienone is 3. The monoisotopic (exact) mass is 463 g/mol. The number of hydrogen-bond donors (Lipinski definition) is 1. The van der Waals surface area contributed by atoms with Crippen LogP contribution in [-0.4, -0.2) is 48.5 Å². The Labute approximate surface area is 198 Å². The molecule has 3 heterocycles. The fourth-order valence-corrected chi connectivity index (χ4v) is 4.34. The minimum Gasteiger partial charge on any atom is -0.489 e. The van der Waals surface area contributed by atoms with Crippen LogP contribution in [0.2, 0.25) is 0 Å². The van der Waals surface area contributed by atoms with Gasteiger partial charge in [-0.3, -0.25) is 5.32 Å². The predicted octanol–water partition coefficient (Wildman–Crippen LogP) is 4.16. The number of benzene rings is 1. The third kappa shape index (κ3) is 5.24.